The third-order valence-corrected chi connectivity index (χ3v) is 4.70. The Labute approximate surface area is 146 Å². The third-order valence-electron chi connectivity index (χ3n) is 4.70. The van der Waals surface area contributed by atoms with Gasteiger partial charge in [0.05, 0.1) is 5.69 Å². The van der Waals surface area contributed by atoms with Crippen LogP contribution >= 0.6 is 0 Å². The molecule has 132 valence electrons. The molecule has 0 radical (unpaired) electrons. The lowest BCUT2D eigenvalue weighted by Crippen LogP contribution is -2.50. The summed E-state index contributed by atoms with van der Waals surface area (Å²) in [6.07, 6.45) is 5.62. The lowest BCUT2D eigenvalue weighted by atomic mass is 10.3. The highest BCUT2D eigenvalue weighted by atomic mass is 16.2. The van der Waals surface area contributed by atoms with Crippen molar-refractivity contribution in [3.63, 3.8) is 0 Å². The van der Waals surface area contributed by atoms with Gasteiger partial charge in [-0.1, -0.05) is 0 Å². The number of hydrogen-bond acceptors (Lipinski definition) is 6. The van der Waals surface area contributed by atoms with E-state index in [0.29, 0.717) is 13.1 Å². The number of anilines is 3. The molecule has 0 atom stereocenters. The molecule has 2 aliphatic rings. The van der Waals surface area contributed by atoms with Crippen molar-refractivity contribution in [3.05, 3.63) is 24.7 Å². The van der Waals surface area contributed by atoms with E-state index in [0.717, 1.165) is 43.6 Å². The number of hydrogen-bond donors (Lipinski definition) is 2. The summed E-state index contributed by atoms with van der Waals surface area (Å²) in [5.41, 5.74) is 0.784. The third kappa shape index (κ3) is 3.35. The molecule has 2 saturated heterocycles. The van der Waals surface area contributed by atoms with E-state index in [1.54, 1.807) is 6.20 Å². The van der Waals surface area contributed by atoms with Gasteiger partial charge in [0.1, 0.15) is 6.33 Å². The van der Waals surface area contributed by atoms with Crippen molar-refractivity contribution >= 4 is 23.5 Å². The molecule has 25 heavy (non-hydrogen) atoms. The van der Waals surface area contributed by atoms with Gasteiger partial charge in [0.25, 0.3) is 0 Å². The van der Waals surface area contributed by atoms with Crippen molar-refractivity contribution in [1.29, 1.82) is 0 Å². The first-order valence-electron chi connectivity index (χ1n) is 8.67. The number of amides is 2. The minimum absolute atomic E-state index is 0.0781. The normalized spacial score (nSPS) is 17.8. The van der Waals surface area contributed by atoms with E-state index in [2.05, 4.69) is 35.3 Å². The molecule has 2 aromatic rings. The van der Waals surface area contributed by atoms with Crippen molar-refractivity contribution in [3.8, 4) is 0 Å². The van der Waals surface area contributed by atoms with Crippen LogP contribution in [0.25, 0.3) is 0 Å². The summed E-state index contributed by atoms with van der Waals surface area (Å²) in [5.74, 6) is 1.62. The molecule has 9 nitrogen and oxygen atoms in total. The van der Waals surface area contributed by atoms with Gasteiger partial charge in [-0.05, 0) is 25.0 Å². The minimum atomic E-state index is -0.0781. The maximum absolute atomic E-state index is 12.6. The lowest BCUT2D eigenvalue weighted by molar-refractivity contribution is 0.208. The van der Waals surface area contributed by atoms with Gasteiger partial charge in [-0.3, -0.25) is 0 Å². The molecule has 0 aromatic carbocycles. The molecule has 0 bridgehead atoms. The fourth-order valence-corrected chi connectivity index (χ4v) is 3.34. The number of carbonyl (C=O) groups is 1. The highest BCUT2D eigenvalue weighted by molar-refractivity contribution is 5.92. The Kier molecular flexibility index (Phi) is 4.36. The summed E-state index contributed by atoms with van der Waals surface area (Å²) >= 11 is 0. The number of H-pyrrole nitrogens is 1. The first-order valence-corrected chi connectivity index (χ1v) is 8.67. The number of aromatic amines is 1. The predicted molar refractivity (Wildman–Crippen MR) is 94.9 cm³/mol. The van der Waals surface area contributed by atoms with Crippen molar-refractivity contribution < 1.29 is 4.79 Å². The molecule has 0 spiro atoms. The van der Waals surface area contributed by atoms with E-state index in [9.17, 15) is 4.79 Å². The van der Waals surface area contributed by atoms with Gasteiger partial charge in [0.15, 0.2) is 5.82 Å². The van der Waals surface area contributed by atoms with Gasteiger partial charge < -0.3 is 20.0 Å². The molecule has 2 aromatic heterocycles. The fourth-order valence-electron chi connectivity index (χ4n) is 3.34. The molecule has 0 unspecified atom stereocenters. The number of piperazine rings is 1. The molecule has 9 heteroatoms. The van der Waals surface area contributed by atoms with Crippen LogP contribution in [0.3, 0.4) is 0 Å². The SMILES string of the molecule is O=C(Nc1cccnc1N1CCCC1)N1CCN(c2ncn[nH]2)CC1. The molecule has 4 heterocycles. The summed E-state index contributed by atoms with van der Waals surface area (Å²) in [5, 5.41) is 9.77. The zero-order valence-corrected chi connectivity index (χ0v) is 14.1. The molecule has 0 aliphatic carbocycles. The Balaban J connectivity index is 1.38. The second-order valence-electron chi connectivity index (χ2n) is 6.28. The van der Waals surface area contributed by atoms with Crippen molar-refractivity contribution in [1.82, 2.24) is 25.1 Å². The number of rotatable bonds is 3. The molecular weight excluding hydrogens is 320 g/mol. The monoisotopic (exact) mass is 342 g/mol. The van der Waals surface area contributed by atoms with Gasteiger partial charge >= 0.3 is 6.03 Å². The summed E-state index contributed by atoms with van der Waals surface area (Å²) in [7, 11) is 0. The topological polar surface area (TPSA) is 93.3 Å². The van der Waals surface area contributed by atoms with E-state index < -0.39 is 0 Å². The van der Waals surface area contributed by atoms with E-state index in [4.69, 9.17) is 0 Å². The summed E-state index contributed by atoms with van der Waals surface area (Å²) in [4.78, 5) is 27.4. The van der Waals surface area contributed by atoms with Crippen molar-refractivity contribution in [2.75, 3.05) is 54.4 Å². The van der Waals surface area contributed by atoms with E-state index in [-0.39, 0.29) is 6.03 Å². The van der Waals surface area contributed by atoms with Crippen LogP contribution in [0.5, 0.6) is 0 Å². The van der Waals surface area contributed by atoms with Crippen LogP contribution in [-0.4, -0.2) is 70.4 Å². The highest BCUT2D eigenvalue weighted by Gasteiger charge is 2.24. The maximum atomic E-state index is 12.6. The van der Waals surface area contributed by atoms with E-state index in [1.807, 2.05) is 17.0 Å². The fraction of sp³-hybridized carbons (Fsp3) is 0.500. The highest BCUT2D eigenvalue weighted by Crippen LogP contribution is 2.26. The average molecular weight is 342 g/mol. The number of carbonyl (C=O) groups excluding carboxylic acids is 1. The molecule has 2 fully saturated rings. The van der Waals surface area contributed by atoms with Gasteiger partial charge in [0.2, 0.25) is 5.95 Å². The van der Waals surface area contributed by atoms with Gasteiger partial charge in [0, 0.05) is 45.5 Å². The number of nitrogens with zero attached hydrogens (tertiary/aromatic N) is 6. The van der Waals surface area contributed by atoms with E-state index >= 15 is 0 Å². The summed E-state index contributed by atoms with van der Waals surface area (Å²) in [6.45, 7) is 4.74. The van der Waals surface area contributed by atoms with E-state index in [1.165, 1.54) is 19.2 Å². The second-order valence-corrected chi connectivity index (χ2v) is 6.28. The molecule has 2 N–H and O–H groups in total. The summed E-state index contributed by atoms with van der Waals surface area (Å²) in [6, 6.07) is 3.70. The number of pyridine rings is 1. The maximum Gasteiger partial charge on any atom is 0.322 e. The van der Waals surface area contributed by atoms with Crippen LogP contribution in [0, 0.1) is 0 Å². The Bertz CT molecular complexity index is 705. The molecule has 2 aliphatic heterocycles. The standard InChI is InChI=1S/C16H22N8O/c25-16(24-10-8-23(9-11-24)15-18-12-19-21-15)20-13-4-3-5-17-14(13)22-6-1-2-7-22/h3-5,12H,1-2,6-11H2,(H,20,25)(H,18,19,21). The van der Waals surface area contributed by atoms with Crippen molar-refractivity contribution in [2.24, 2.45) is 0 Å². The zero-order chi connectivity index (χ0) is 17.1. The Morgan fingerprint density at radius 3 is 2.56 bits per heavy atom. The Hall–Kier alpha value is -2.84. The number of nitrogens with one attached hydrogen (secondary N) is 2. The number of urea groups is 1. The van der Waals surface area contributed by atoms with Gasteiger partial charge in [-0.2, -0.15) is 10.1 Å². The first-order chi connectivity index (χ1) is 12.3. The smallest absolute Gasteiger partial charge is 0.322 e. The average Bonchev–Trinajstić information content (AvgIpc) is 3.36. The van der Waals surface area contributed by atoms with Crippen LogP contribution in [0.1, 0.15) is 12.8 Å². The molecule has 4 rings (SSSR count). The molecule has 2 amide bonds. The van der Waals surface area contributed by atoms with Crippen molar-refractivity contribution in [2.45, 2.75) is 12.8 Å². The quantitative estimate of drug-likeness (QED) is 0.869. The van der Waals surface area contributed by atoms with Crippen LogP contribution in [0.15, 0.2) is 24.7 Å². The Morgan fingerprint density at radius 1 is 1.04 bits per heavy atom. The van der Waals surface area contributed by atoms with Crippen LogP contribution < -0.4 is 15.1 Å². The number of aromatic nitrogens is 4. The molecular formula is C16H22N8O. The molecule has 0 saturated carbocycles. The van der Waals surface area contributed by atoms with Gasteiger partial charge in [-0.25, -0.2) is 14.9 Å². The Morgan fingerprint density at radius 2 is 1.84 bits per heavy atom. The van der Waals surface area contributed by atoms with Crippen LogP contribution in [0.4, 0.5) is 22.2 Å². The summed E-state index contributed by atoms with van der Waals surface area (Å²) < 4.78 is 0. The minimum Gasteiger partial charge on any atom is -0.355 e. The lowest BCUT2D eigenvalue weighted by Gasteiger charge is -2.34. The second kappa shape index (κ2) is 6.96. The first kappa shape index (κ1) is 15.7. The van der Waals surface area contributed by atoms with Crippen LogP contribution in [-0.2, 0) is 0 Å². The largest absolute Gasteiger partial charge is 0.355 e. The van der Waals surface area contributed by atoms with Crippen LogP contribution in [0.2, 0.25) is 0 Å². The zero-order valence-electron chi connectivity index (χ0n) is 14.1. The predicted octanol–water partition coefficient (Wildman–Crippen LogP) is 1.15. The van der Waals surface area contributed by atoms with Gasteiger partial charge in [-0.15, -0.1) is 0 Å².